The molecule has 14 heavy (non-hydrogen) atoms. The highest BCUT2D eigenvalue weighted by molar-refractivity contribution is 5.98. The van der Waals surface area contributed by atoms with Gasteiger partial charge >= 0.3 is 5.97 Å². The number of esters is 1. The second-order valence-electron chi connectivity index (χ2n) is 3.78. The Hall–Kier alpha value is -0.860. The van der Waals surface area contributed by atoms with E-state index in [0.29, 0.717) is 6.42 Å². The number of hydrogen-bond donors (Lipinski definition) is 0. The molecule has 3 heteroatoms. The van der Waals surface area contributed by atoms with Crippen LogP contribution >= 0.6 is 0 Å². The summed E-state index contributed by atoms with van der Waals surface area (Å²) in [5.74, 6) is -1.03. The Bertz CT molecular complexity index is 197. The lowest BCUT2D eigenvalue weighted by molar-refractivity contribution is -0.154. The zero-order valence-corrected chi connectivity index (χ0v) is 9.50. The van der Waals surface area contributed by atoms with Gasteiger partial charge in [0.05, 0.1) is 6.10 Å². The number of Topliss-reactive ketones (excluding diaryl/α,β-unsaturated/α-hetero) is 1. The van der Waals surface area contributed by atoms with Crippen LogP contribution in [0.15, 0.2) is 0 Å². The van der Waals surface area contributed by atoms with Gasteiger partial charge in [0.1, 0.15) is 11.7 Å². The Kier molecular flexibility index (Phi) is 6.17. The van der Waals surface area contributed by atoms with Crippen molar-refractivity contribution < 1.29 is 14.3 Å². The molecule has 0 saturated carbocycles. The lowest BCUT2D eigenvalue weighted by atomic mass is 10.0. The summed E-state index contributed by atoms with van der Waals surface area (Å²) in [6.45, 7) is 7.19. The molecule has 82 valence electrons. The van der Waals surface area contributed by atoms with Gasteiger partial charge in [-0.1, -0.05) is 13.3 Å². The highest BCUT2D eigenvalue weighted by Crippen LogP contribution is 2.08. The normalized spacial score (nSPS) is 12.6. The molecule has 0 rings (SSSR count). The van der Waals surface area contributed by atoms with Crippen molar-refractivity contribution in [3.05, 3.63) is 0 Å². The van der Waals surface area contributed by atoms with E-state index >= 15 is 0 Å². The predicted octanol–water partition coefficient (Wildman–Crippen LogP) is 2.33. The van der Waals surface area contributed by atoms with Crippen LogP contribution in [0.4, 0.5) is 0 Å². The van der Waals surface area contributed by atoms with E-state index in [9.17, 15) is 9.59 Å². The van der Waals surface area contributed by atoms with Gasteiger partial charge in [-0.05, 0) is 27.2 Å². The van der Waals surface area contributed by atoms with Crippen LogP contribution in [0.5, 0.6) is 0 Å². The fourth-order valence-corrected chi connectivity index (χ4v) is 1.03. The molecule has 3 nitrogen and oxygen atoms in total. The minimum absolute atomic E-state index is 0.0162. The number of carbonyl (C=O) groups excluding carboxylic acids is 2. The highest BCUT2D eigenvalue weighted by atomic mass is 16.5. The number of rotatable bonds is 6. The average molecular weight is 200 g/mol. The first-order valence-electron chi connectivity index (χ1n) is 5.22. The molecule has 0 aliphatic carbocycles. The van der Waals surface area contributed by atoms with Gasteiger partial charge in [-0.15, -0.1) is 0 Å². The molecule has 0 aromatic rings. The summed E-state index contributed by atoms with van der Waals surface area (Å²) in [4.78, 5) is 22.7. The molecule has 0 saturated heterocycles. The van der Waals surface area contributed by atoms with Crippen molar-refractivity contribution in [2.24, 2.45) is 5.92 Å². The van der Waals surface area contributed by atoms with Crippen LogP contribution in [0.1, 0.15) is 47.0 Å². The summed E-state index contributed by atoms with van der Waals surface area (Å²) in [6, 6.07) is 0. The molecule has 0 aliphatic rings. The predicted molar refractivity (Wildman–Crippen MR) is 54.9 cm³/mol. The Morgan fingerprint density at radius 3 is 2.21 bits per heavy atom. The van der Waals surface area contributed by atoms with Crippen LogP contribution in [0.25, 0.3) is 0 Å². The number of ether oxygens (including phenoxy) is 1. The van der Waals surface area contributed by atoms with Gasteiger partial charge in [-0.25, -0.2) is 0 Å². The van der Waals surface area contributed by atoms with Crippen molar-refractivity contribution >= 4 is 11.8 Å². The smallest absolute Gasteiger partial charge is 0.316 e. The van der Waals surface area contributed by atoms with E-state index < -0.39 is 11.9 Å². The number of carbonyl (C=O) groups is 2. The first kappa shape index (κ1) is 13.1. The minimum atomic E-state index is -0.607. The molecule has 0 aromatic heterocycles. The molecule has 0 aliphatic heterocycles. The molecular weight excluding hydrogens is 180 g/mol. The van der Waals surface area contributed by atoms with Crippen LogP contribution in [-0.4, -0.2) is 17.9 Å². The summed E-state index contributed by atoms with van der Waals surface area (Å²) in [6.07, 6.45) is 2.14. The van der Waals surface area contributed by atoms with Gasteiger partial charge in [0.15, 0.2) is 0 Å². The fraction of sp³-hybridized carbons (Fsp3) is 0.818. The summed E-state index contributed by atoms with van der Waals surface area (Å²) >= 11 is 0. The molecule has 0 bridgehead atoms. The molecule has 0 amide bonds. The van der Waals surface area contributed by atoms with Gasteiger partial charge in [0, 0.05) is 6.42 Å². The largest absolute Gasteiger partial charge is 0.462 e. The van der Waals surface area contributed by atoms with Gasteiger partial charge in [0.25, 0.3) is 0 Å². The molecule has 0 fully saturated rings. The lowest BCUT2D eigenvalue weighted by Crippen LogP contribution is -2.25. The maximum Gasteiger partial charge on any atom is 0.316 e. The zero-order valence-electron chi connectivity index (χ0n) is 9.50. The molecular formula is C11H20O3. The molecule has 0 N–H and O–H groups in total. The molecule has 0 aromatic carbocycles. The van der Waals surface area contributed by atoms with Gasteiger partial charge in [-0.2, -0.15) is 0 Å². The average Bonchev–Trinajstić information content (AvgIpc) is 2.11. The van der Waals surface area contributed by atoms with Crippen LogP contribution in [-0.2, 0) is 14.3 Å². The van der Waals surface area contributed by atoms with E-state index in [1.807, 2.05) is 6.92 Å². The maximum absolute atomic E-state index is 11.4. The van der Waals surface area contributed by atoms with Crippen LogP contribution in [0, 0.1) is 5.92 Å². The van der Waals surface area contributed by atoms with E-state index in [4.69, 9.17) is 4.74 Å². The lowest BCUT2D eigenvalue weighted by Gasteiger charge is -2.12. The monoisotopic (exact) mass is 200 g/mol. The summed E-state index contributed by atoms with van der Waals surface area (Å²) < 4.78 is 4.95. The second-order valence-corrected chi connectivity index (χ2v) is 3.78. The molecule has 1 atom stereocenters. The minimum Gasteiger partial charge on any atom is -0.462 e. The Morgan fingerprint density at radius 2 is 1.79 bits per heavy atom. The first-order chi connectivity index (χ1) is 6.49. The quantitative estimate of drug-likeness (QED) is 0.488. The third-order valence-electron chi connectivity index (χ3n) is 1.97. The standard InChI is InChI=1S/C11H20O3/c1-5-6-7-10(12)9(4)11(13)14-8(2)3/h8-9H,5-7H2,1-4H3. The fourth-order valence-electron chi connectivity index (χ4n) is 1.03. The maximum atomic E-state index is 11.4. The molecule has 0 radical (unpaired) electrons. The molecule has 0 spiro atoms. The van der Waals surface area contributed by atoms with Crippen molar-refractivity contribution in [1.82, 2.24) is 0 Å². The van der Waals surface area contributed by atoms with E-state index in [2.05, 4.69) is 0 Å². The van der Waals surface area contributed by atoms with Crippen LogP contribution in [0.2, 0.25) is 0 Å². The Morgan fingerprint density at radius 1 is 1.21 bits per heavy atom. The summed E-state index contributed by atoms with van der Waals surface area (Å²) in [5, 5.41) is 0. The third-order valence-corrected chi connectivity index (χ3v) is 1.97. The third kappa shape index (κ3) is 5.00. The molecule has 0 heterocycles. The second kappa shape index (κ2) is 6.57. The Labute approximate surface area is 85.8 Å². The highest BCUT2D eigenvalue weighted by Gasteiger charge is 2.22. The number of hydrogen-bond acceptors (Lipinski definition) is 3. The molecule has 1 unspecified atom stereocenters. The van der Waals surface area contributed by atoms with Crippen molar-refractivity contribution in [1.29, 1.82) is 0 Å². The van der Waals surface area contributed by atoms with E-state index in [1.54, 1.807) is 20.8 Å². The van der Waals surface area contributed by atoms with Crippen molar-refractivity contribution in [3.8, 4) is 0 Å². The topological polar surface area (TPSA) is 43.4 Å². The van der Waals surface area contributed by atoms with Crippen LogP contribution in [0.3, 0.4) is 0 Å². The number of unbranched alkanes of at least 4 members (excludes halogenated alkanes) is 1. The SMILES string of the molecule is CCCCC(=O)C(C)C(=O)OC(C)C. The van der Waals surface area contributed by atoms with E-state index in [0.717, 1.165) is 12.8 Å². The van der Waals surface area contributed by atoms with Crippen LogP contribution < -0.4 is 0 Å². The van der Waals surface area contributed by atoms with Gasteiger partial charge < -0.3 is 4.74 Å². The number of ketones is 1. The van der Waals surface area contributed by atoms with E-state index in [1.165, 1.54) is 0 Å². The zero-order chi connectivity index (χ0) is 11.1. The Balaban J connectivity index is 3.97. The summed E-state index contributed by atoms with van der Waals surface area (Å²) in [5.41, 5.74) is 0. The van der Waals surface area contributed by atoms with Crippen molar-refractivity contribution in [2.45, 2.75) is 53.1 Å². The summed E-state index contributed by atoms with van der Waals surface area (Å²) in [7, 11) is 0. The van der Waals surface area contributed by atoms with E-state index in [-0.39, 0.29) is 11.9 Å². The first-order valence-corrected chi connectivity index (χ1v) is 5.22. The van der Waals surface area contributed by atoms with Crippen molar-refractivity contribution in [2.75, 3.05) is 0 Å². The van der Waals surface area contributed by atoms with Crippen molar-refractivity contribution in [3.63, 3.8) is 0 Å². The van der Waals surface area contributed by atoms with Gasteiger partial charge in [0.2, 0.25) is 0 Å². The van der Waals surface area contributed by atoms with Gasteiger partial charge in [-0.3, -0.25) is 9.59 Å².